The van der Waals surface area contributed by atoms with Gasteiger partial charge in [0.15, 0.2) is 0 Å². The Labute approximate surface area is 83.2 Å². The molecule has 1 aromatic rings. The van der Waals surface area contributed by atoms with Crippen LogP contribution >= 0.6 is 0 Å². The monoisotopic (exact) mass is 181 g/mol. The highest BCUT2D eigenvalue weighted by atomic mass is 14.6. The fraction of sp³-hybridized carbons (Fsp3) is 0.0769. The number of rotatable bonds is 0. The zero-order valence-corrected chi connectivity index (χ0v) is 7.77. The molecule has 14 heavy (non-hydrogen) atoms. The lowest BCUT2D eigenvalue weighted by atomic mass is 9.94. The average Bonchev–Trinajstić information content (AvgIpc) is 2.59. The Morgan fingerprint density at radius 1 is 1.14 bits per heavy atom. The molecule has 1 nitrogen and oxygen atoms in total. The second-order valence-electron chi connectivity index (χ2n) is 3.68. The summed E-state index contributed by atoms with van der Waals surface area (Å²) in [5, 5.41) is 0. The predicted octanol–water partition coefficient (Wildman–Crippen LogP) is 2.36. The molecule has 0 saturated heterocycles. The Kier molecular flexibility index (Phi) is 1.49. The molecular weight excluding hydrogens is 170 g/mol. The molecule has 1 heteroatoms. The second-order valence-corrected chi connectivity index (χ2v) is 3.68. The first kappa shape index (κ1) is 7.77. The Morgan fingerprint density at radius 2 is 2.00 bits per heavy atom. The van der Waals surface area contributed by atoms with Crippen LogP contribution in [0.25, 0.3) is 11.6 Å². The SMILES string of the molecule is NC1C=CC=C2C1=Cc1ccccc12. The molecule has 0 bridgehead atoms. The summed E-state index contributed by atoms with van der Waals surface area (Å²) in [5.41, 5.74) is 11.1. The fourth-order valence-electron chi connectivity index (χ4n) is 2.11. The molecule has 3 rings (SSSR count). The minimum absolute atomic E-state index is 0.0578. The van der Waals surface area contributed by atoms with Crippen LogP contribution in [-0.4, -0.2) is 6.04 Å². The van der Waals surface area contributed by atoms with E-state index in [0.29, 0.717) is 0 Å². The van der Waals surface area contributed by atoms with E-state index < -0.39 is 0 Å². The number of nitrogens with two attached hydrogens (primary N) is 1. The predicted molar refractivity (Wildman–Crippen MR) is 59.5 cm³/mol. The topological polar surface area (TPSA) is 26.0 Å². The highest BCUT2D eigenvalue weighted by molar-refractivity contribution is 5.97. The van der Waals surface area contributed by atoms with Gasteiger partial charge in [-0.15, -0.1) is 0 Å². The number of hydrogen-bond donors (Lipinski definition) is 1. The van der Waals surface area contributed by atoms with E-state index >= 15 is 0 Å². The lowest BCUT2D eigenvalue weighted by molar-refractivity contribution is 0.990. The molecule has 0 spiro atoms. The van der Waals surface area contributed by atoms with Gasteiger partial charge in [0.2, 0.25) is 0 Å². The van der Waals surface area contributed by atoms with Gasteiger partial charge in [-0.3, -0.25) is 0 Å². The summed E-state index contributed by atoms with van der Waals surface area (Å²) < 4.78 is 0. The van der Waals surface area contributed by atoms with E-state index in [1.165, 1.54) is 22.3 Å². The number of fused-ring (bicyclic) bond motifs is 3. The third-order valence-corrected chi connectivity index (χ3v) is 2.81. The molecule has 2 aliphatic rings. The van der Waals surface area contributed by atoms with Crippen LogP contribution in [0, 0.1) is 0 Å². The average molecular weight is 181 g/mol. The molecule has 0 radical (unpaired) electrons. The van der Waals surface area contributed by atoms with Crippen molar-refractivity contribution < 1.29 is 0 Å². The normalized spacial score (nSPS) is 22.5. The highest BCUT2D eigenvalue weighted by Gasteiger charge is 2.22. The lowest BCUT2D eigenvalue weighted by Crippen LogP contribution is -2.20. The molecule has 1 aromatic carbocycles. The van der Waals surface area contributed by atoms with Gasteiger partial charge in [-0.1, -0.05) is 42.5 Å². The molecule has 0 aliphatic heterocycles. The van der Waals surface area contributed by atoms with E-state index in [9.17, 15) is 0 Å². The van der Waals surface area contributed by atoms with E-state index in [-0.39, 0.29) is 6.04 Å². The van der Waals surface area contributed by atoms with E-state index in [1.807, 2.05) is 12.2 Å². The summed E-state index contributed by atoms with van der Waals surface area (Å²) in [5.74, 6) is 0. The standard InChI is InChI=1S/C13H11N/c14-13-7-3-6-11-10-5-2-1-4-9(10)8-12(11)13/h1-8,13H,14H2. The van der Waals surface area contributed by atoms with Crippen LogP contribution in [0.2, 0.25) is 0 Å². The zero-order valence-electron chi connectivity index (χ0n) is 7.77. The third-order valence-electron chi connectivity index (χ3n) is 2.81. The first-order chi connectivity index (χ1) is 6.86. The van der Waals surface area contributed by atoms with Crippen LogP contribution in [0.15, 0.2) is 48.1 Å². The fourth-order valence-corrected chi connectivity index (χ4v) is 2.11. The molecule has 2 N–H and O–H groups in total. The molecule has 1 unspecified atom stereocenters. The number of allylic oxidation sites excluding steroid dienone is 2. The van der Waals surface area contributed by atoms with E-state index in [4.69, 9.17) is 5.73 Å². The quantitative estimate of drug-likeness (QED) is 0.653. The van der Waals surface area contributed by atoms with Gasteiger partial charge in [0.25, 0.3) is 0 Å². The van der Waals surface area contributed by atoms with Gasteiger partial charge in [0, 0.05) is 6.04 Å². The van der Waals surface area contributed by atoms with Crippen molar-refractivity contribution in [3.63, 3.8) is 0 Å². The number of benzene rings is 1. The van der Waals surface area contributed by atoms with Gasteiger partial charge in [0.1, 0.15) is 0 Å². The van der Waals surface area contributed by atoms with Gasteiger partial charge >= 0.3 is 0 Å². The molecule has 0 heterocycles. The number of hydrogen-bond acceptors (Lipinski definition) is 1. The first-order valence-corrected chi connectivity index (χ1v) is 4.82. The summed E-state index contributed by atoms with van der Waals surface area (Å²) in [6, 6.07) is 8.47. The summed E-state index contributed by atoms with van der Waals surface area (Å²) in [6.07, 6.45) is 8.40. The minimum atomic E-state index is 0.0578. The molecular formula is C13H11N. The first-order valence-electron chi connectivity index (χ1n) is 4.82. The van der Waals surface area contributed by atoms with Crippen molar-refractivity contribution in [2.45, 2.75) is 6.04 Å². The van der Waals surface area contributed by atoms with Crippen molar-refractivity contribution in [1.82, 2.24) is 0 Å². The van der Waals surface area contributed by atoms with Crippen LogP contribution in [-0.2, 0) is 0 Å². The van der Waals surface area contributed by atoms with Gasteiger partial charge in [-0.25, -0.2) is 0 Å². The smallest absolute Gasteiger partial charge is 0.0490 e. The van der Waals surface area contributed by atoms with E-state index in [0.717, 1.165) is 0 Å². The minimum Gasteiger partial charge on any atom is -0.321 e. The summed E-state index contributed by atoms with van der Waals surface area (Å²) in [6.45, 7) is 0. The molecule has 0 fully saturated rings. The molecule has 2 aliphatic carbocycles. The Balaban J connectivity index is 2.24. The Bertz CT molecular complexity index is 478. The Hall–Kier alpha value is -1.60. The van der Waals surface area contributed by atoms with E-state index in [1.54, 1.807) is 0 Å². The van der Waals surface area contributed by atoms with Gasteiger partial charge in [-0.2, -0.15) is 0 Å². The maximum Gasteiger partial charge on any atom is 0.0490 e. The lowest BCUT2D eigenvalue weighted by Gasteiger charge is -2.14. The van der Waals surface area contributed by atoms with E-state index in [2.05, 4.69) is 36.4 Å². The van der Waals surface area contributed by atoms with Crippen molar-refractivity contribution >= 4 is 11.6 Å². The maximum atomic E-state index is 6.00. The van der Waals surface area contributed by atoms with Crippen LogP contribution < -0.4 is 5.73 Å². The second kappa shape index (κ2) is 2.69. The summed E-state index contributed by atoms with van der Waals surface area (Å²) in [4.78, 5) is 0. The third kappa shape index (κ3) is 0.932. The van der Waals surface area contributed by atoms with Gasteiger partial charge < -0.3 is 5.73 Å². The molecule has 0 amide bonds. The highest BCUT2D eigenvalue weighted by Crippen LogP contribution is 2.38. The van der Waals surface area contributed by atoms with Crippen LogP contribution in [0.1, 0.15) is 11.1 Å². The molecule has 0 saturated carbocycles. The van der Waals surface area contributed by atoms with Crippen molar-refractivity contribution in [2.24, 2.45) is 5.73 Å². The van der Waals surface area contributed by atoms with Crippen molar-refractivity contribution in [1.29, 1.82) is 0 Å². The largest absolute Gasteiger partial charge is 0.321 e. The maximum absolute atomic E-state index is 6.00. The summed E-state index contributed by atoms with van der Waals surface area (Å²) >= 11 is 0. The van der Waals surface area contributed by atoms with Crippen molar-refractivity contribution in [3.8, 4) is 0 Å². The van der Waals surface area contributed by atoms with Crippen molar-refractivity contribution in [3.05, 3.63) is 59.2 Å². The Morgan fingerprint density at radius 3 is 2.93 bits per heavy atom. The molecule has 0 aromatic heterocycles. The van der Waals surface area contributed by atoms with Gasteiger partial charge in [-0.05, 0) is 28.3 Å². The van der Waals surface area contributed by atoms with Gasteiger partial charge in [0.05, 0.1) is 0 Å². The molecule has 1 atom stereocenters. The van der Waals surface area contributed by atoms with Crippen LogP contribution in [0.5, 0.6) is 0 Å². The van der Waals surface area contributed by atoms with Crippen LogP contribution in [0.3, 0.4) is 0 Å². The zero-order chi connectivity index (χ0) is 9.54. The van der Waals surface area contributed by atoms with Crippen molar-refractivity contribution in [2.75, 3.05) is 0 Å². The molecule has 68 valence electrons. The summed E-state index contributed by atoms with van der Waals surface area (Å²) in [7, 11) is 0. The van der Waals surface area contributed by atoms with Crippen LogP contribution in [0.4, 0.5) is 0 Å².